The zero-order chi connectivity index (χ0) is 16.6. The van der Waals surface area contributed by atoms with E-state index in [2.05, 4.69) is 39.5 Å². The fourth-order valence-corrected chi connectivity index (χ4v) is 5.84. The Kier molecular flexibility index (Phi) is 7.22. The van der Waals surface area contributed by atoms with E-state index in [1.54, 1.807) is 0 Å². The SMILES string of the molecule is C=C[Si](C=C)(C=C)OC1CCCC(O[Si](C=C)(C=C)C=C)C1. The van der Waals surface area contributed by atoms with Crippen molar-refractivity contribution in [3.05, 3.63) is 73.7 Å². The maximum absolute atomic E-state index is 6.31. The van der Waals surface area contributed by atoms with Crippen molar-refractivity contribution in [2.75, 3.05) is 0 Å². The van der Waals surface area contributed by atoms with E-state index >= 15 is 0 Å². The Morgan fingerprint density at radius 1 is 0.636 bits per heavy atom. The molecule has 1 rings (SSSR count). The molecule has 0 saturated heterocycles. The first-order valence-electron chi connectivity index (χ1n) is 7.69. The predicted molar refractivity (Wildman–Crippen MR) is 101 cm³/mol. The normalized spacial score (nSPS) is 22.4. The van der Waals surface area contributed by atoms with Crippen LogP contribution in [0.25, 0.3) is 0 Å². The summed E-state index contributed by atoms with van der Waals surface area (Å²) in [6.45, 7) is 23.3. The summed E-state index contributed by atoms with van der Waals surface area (Å²) in [4.78, 5) is 0. The van der Waals surface area contributed by atoms with E-state index in [4.69, 9.17) is 8.85 Å². The van der Waals surface area contributed by atoms with E-state index in [9.17, 15) is 0 Å². The largest absolute Gasteiger partial charge is 0.402 e. The summed E-state index contributed by atoms with van der Waals surface area (Å²) in [5, 5.41) is 0. The van der Waals surface area contributed by atoms with Gasteiger partial charge >= 0.3 is 0 Å². The maximum Gasteiger partial charge on any atom is 0.265 e. The highest BCUT2D eigenvalue weighted by atomic mass is 28.4. The molecular weight excluding hydrogens is 304 g/mol. The van der Waals surface area contributed by atoms with Crippen LogP contribution in [-0.2, 0) is 8.85 Å². The predicted octanol–water partition coefficient (Wildman–Crippen LogP) is 4.57. The molecule has 0 radical (unpaired) electrons. The molecule has 120 valence electrons. The molecule has 0 heterocycles. The first-order chi connectivity index (χ1) is 10.5. The van der Waals surface area contributed by atoms with Crippen LogP contribution in [0.1, 0.15) is 25.7 Å². The third kappa shape index (κ3) is 4.40. The monoisotopic (exact) mass is 332 g/mol. The van der Waals surface area contributed by atoms with Gasteiger partial charge in [0.2, 0.25) is 0 Å². The molecule has 0 aliphatic heterocycles. The molecule has 0 spiro atoms. The highest BCUT2D eigenvalue weighted by Crippen LogP contribution is 2.29. The standard InChI is InChI=1S/C18H28O2Si2/c1-7-21(8-2,9-3)19-17-14-13-15-18(16-17)20-22(10-4,11-5)12-6/h7-12,17-18H,1-6,13-16H2. The Morgan fingerprint density at radius 3 is 1.23 bits per heavy atom. The van der Waals surface area contributed by atoms with E-state index in [-0.39, 0.29) is 12.2 Å². The van der Waals surface area contributed by atoms with Gasteiger partial charge in [0, 0.05) is 12.2 Å². The minimum Gasteiger partial charge on any atom is -0.402 e. The maximum atomic E-state index is 6.31. The molecule has 2 nitrogen and oxygen atoms in total. The zero-order valence-electron chi connectivity index (χ0n) is 13.5. The van der Waals surface area contributed by atoms with Gasteiger partial charge in [0.25, 0.3) is 16.6 Å². The summed E-state index contributed by atoms with van der Waals surface area (Å²) in [5.74, 6) is 0. The fourth-order valence-electron chi connectivity index (χ4n) is 2.68. The van der Waals surface area contributed by atoms with Crippen molar-refractivity contribution in [3.8, 4) is 0 Å². The Labute approximate surface area is 137 Å². The lowest BCUT2D eigenvalue weighted by Crippen LogP contribution is -2.43. The van der Waals surface area contributed by atoms with Crippen LogP contribution in [-0.4, -0.2) is 28.8 Å². The smallest absolute Gasteiger partial charge is 0.265 e. The van der Waals surface area contributed by atoms with Gasteiger partial charge < -0.3 is 8.85 Å². The van der Waals surface area contributed by atoms with E-state index in [1.165, 1.54) is 0 Å². The summed E-state index contributed by atoms with van der Waals surface area (Å²) in [7, 11) is -4.46. The van der Waals surface area contributed by atoms with Gasteiger partial charge in [-0.25, -0.2) is 0 Å². The van der Waals surface area contributed by atoms with Crippen LogP contribution >= 0.6 is 0 Å². The van der Waals surface area contributed by atoms with Crippen LogP contribution in [0.2, 0.25) is 0 Å². The first-order valence-corrected chi connectivity index (χ1v) is 12.0. The first kappa shape index (κ1) is 18.8. The third-order valence-corrected chi connectivity index (χ3v) is 9.55. The highest BCUT2D eigenvalue weighted by molar-refractivity contribution is 6.88. The van der Waals surface area contributed by atoms with Crippen LogP contribution in [0, 0.1) is 0 Å². The van der Waals surface area contributed by atoms with Crippen LogP contribution in [0.3, 0.4) is 0 Å². The summed E-state index contributed by atoms with van der Waals surface area (Å²) >= 11 is 0. The molecule has 2 atom stereocenters. The van der Waals surface area contributed by atoms with E-state index in [0.717, 1.165) is 25.7 Å². The van der Waals surface area contributed by atoms with Crippen molar-refractivity contribution in [2.24, 2.45) is 0 Å². The molecule has 1 fully saturated rings. The van der Waals surface area contributed by atoms with Crippen LogP contribution < -0.4 is 0 Å². The minimum atomic E-state index is -2.23. The van der Waals surface area contributed by atoms with E-state index in [1.807, 2.05) is 34.2 Å². The fraction of sp³-hybridized carbons (Fsp3) is 0.333. The second-order valence-corrected chi connectivity index (χ2v) is 11.9. The van der Waals surface area contributed by atoms with Gasteiger partial charge in [-0.15, -0.1) is 39.5 Å². The highest BCUT2D eigenvalue weighted by Gasteiger charge is 2.34. The molecule has 1 saturated carbocycles. The molecule has 0 N–H and O–H groups in total. The van der Waals surface area contributed by atoms with Crippen molar-refractivity contribution >= 4 is 16.6 Å². The van der Waals surface area contributed by atoms with Crippen molar-refractivity contribution in [1.29, 1.82) is 0 Å². The summed E-state index contributed by atoms with van der Waals surface area (Å²) in [6.07, 6.45) is 4.34. The number of hydrogen-bond donors (Lipinski definition) is 0. The molecule has 0 aromatic carbocycles. The van der Waals surface area contributed by atoms with E-state index < -0.39 is 16.6 Å². The molecule has 1 aliphatic rings. The molecule has 2 unspecified atom stereocenters. The number of hydrogen-bond acceptors (Lipinski definition) is 2. The molecule has 0 bridgehead atoms. The lowest BCUT2D eigenvalue weighted by atomic mass is 9.95. The topological polar surface area (TPSA) is 18.5 Å². The van der Waals surface area contributed by atoms with Crippen molar-refractivity contribution < 1.29 is 8.85 Å². The van der Waals surface area contributed by atoms with Crippen molar-refractivity contribution in [3.63, 3.8) is 0 Å². The average molecular weight is 333 g/mol. The Bertz CT molecular complexity index is 372. The van der Waals surface area contributed by atoms with Crippen molar-refractivity contribution in [1.82, 2.24) is 0 Å². The molecule has 1 aliphatic carbocycles. The summed E-state index contributed by atoms with van der Waals surface area (Å²) < 4.78 is 12.6. The molecule has 0 amide bonds. The lowest BCUT2D eigenvalue weighted by Gasteiger charge is -2.37. The zero-order valence-corrected chi connectivity index (χ0v) is 15.5. The molecule has 0 aromatic rings. The Balaban J connectivity index is 2.76. The van der Waals surface area contributed by atoms with Crippen LogP contribution in [0.4, 0.5) is 0 Å². The van der Waals surface area contributed by atoms with Gasteiger partial charge in [0.05, 0.1) is 0 Å². The molecule has 0 aromatic heterocycles. The quantitative estimate of drug-likeness (QED) is 0.545. The van der Waals surface area contributed by atoms with E-state index in [0.29, 0.717) is 0 Å². The van der Waals surface area contributed by atoms with Crippen LogP contribution in [0.15, 0.2) is 73.7 Å². The summed E-state index contributed by atoms with van der Waals surface area (Å²) in [6, 6.07) is 0. The van der Waals surface area contributed by atoms with Crippen molar-refractivity contribution in [2.45, 2.75) is 37.9 Å². The van der Waals surface area contributed by atoms with Gasteiger partial charge in [0.1, 0.15) is 0 Å². The van der Waals surface area contributed by atoms with Gasteiger partial charge in [-0.3, -0.25) is 0 Å². The molecule has 4 heteroatoms. The molecular formula is C18H28O2Si2. The van der Waals surface area contributed by atoms with Gasteiger partial charge in [-0.05, 0) is 25.7 Å². The molecule has 22 heavy (non-hydrogen) atoms. The second-order valence-electron chi connectivity index (χ2n) is 5.58. The Hall–Kier alpha value is -1.21. The summed E-state index contributed by atoms with van der Waals surface area (Å²) in [5.41, 5.74) is 11.2. The average Bonchev–Trinajstić information content (AvgIpc) is 2.58. The third-order valence-electron chi connectivity index (χ3n) is 4.23. The lowest BCUT2D eigenvalue weighted by molar-refractivity contribution is 0.0648. The van der Waals surface area contributed by atoms with Gasteiger partial charge in [-0.1, -0.05) is 34.2 Å². The Morgan fingerprint density at radius 2 is 0.955 bits per heavy atom. The number of rotatable bonds is 10. The van der Waals surface area contributed by atoms with Gasteiger partial charge in [-0.2, -0.15) is 0 Å². The van der Waals surface area contributed by atoms with Gasteiger partial charge in [0.15, 0.2) is 0 Å². The second kappa shape index (κ2) is 8.43. The van der Waals surface area contributed by atoms with Crippen LogP contribution in [0.5, 0.6) is 0 Å². The minimum absolute atomic E-state index is 0.158.